The van der Waals surface area contributed by atoms with Crippen LogP contribution in [0.2, 0.25) is 0 Å². The number of ether oxygens (including phenoxy) is 1. The van der Waals surface area contributed by atoms with Gasteiger partial charge in [-0.25, -0.2) is 0 Å². The Morgan fingerprint density at radius 2 is 1.58 bits per heavy atom. The lowest BCUT2D eigenvalue weighted by molar-refractivity contribution is -0.122. The highest BCUT2D eigenvalue weighted by molar-refractivity contribution is 5.85. The predicted octanol–water partition coefficient (Wildman–Crippen LogP) is 4.11. The maximum atomic E-state index is 12.5. The minimum Gasteiger partial charge on any atom is -0.497 e. The van der Waals surface area contributed by atoms with Crippen LogP contribution in [0.3, 0.4) is 0 Å². The largest absolute Gasteiger partial charge is 0.497 e. The van der Waals surface area contributed by atoms with Crippen molar-refractivity contribution in [2.24, 2.45) is 5.92 Å². The van der Waals surface area contributed by atoms with Gasteiger partial charge in [0.05, 0.1) is 7.11 Å². The van der Waals surface area contributed by atoms with E-state index >= 15 is 0 Å². The van der Waals surface area contributed by atoms with E-state index in [1.165, 1.54) is 0 Å². The summed E-state index contributed by atoms with van der Waals surface area (Å²) < 4.78 is 5.24. The van der Waals surface area contributed by atoms with Gasteiger partial charge >= 0.3 is 0 Å². The van der Waals surface area contributed by atoms with Crippen LogP contribution in [0.1, 0.15) is 48.8 Å². The normalized spacial score (nSPS) is 22.0. The fourth-order valence-corrected chi connectivity index (χ4v) is 4.01. The monoisotopic (exact) mass is 322 g/mol. The smallest absolute Gasteiger partial charge is 0.134 e. The van der Waals surface area contributed by atoms with Crippen molar-refractivity contribution in [3.63, 3.8) is 0 Å². The van der Waals surface area contributed by atoms with Crippen molar-refractivity contribution < 1.29 is 14.3 Å². The maximum Gasteiger partial charge on any atom is 0.134 e. The third kappa shape index (κ3) is 2.86. The fraction of sp³-hybridized carbons (Fsp3) is 0.333. The van der Waals surface area contributed by atoms with Gasteiger partial charge in [0.15, 0.2) is 0 Å². The van der Waals surface area contributed by atoms with Gasteiger partial charge < -0.3 is 9.53 Å². The van der Waals surface area contributed by atoms with Gasteiger partial charge in [0.2, 0.25) is 0 Å². The van der Waals surface area contributed by atoms with Gasteiger partial charge in [0.25, 0.3) is 0 Å². The second kappa shape index (κ2) is 6.60. The zero-order chi connectivity index (χ0) is 17.3. The van der Waals surface area contributed by atoms with Gasteiger partial charge in [0.1, 0.15) is 17.3 Å². The maximum absolute atomic E-state index is 12.5. The average Bonchev–Trinajstić information content (AvgIpc) is 2.89. The van der Waals surface area contributed by atoms with E-state index in [2.05, 4.69) is 12.1 Å². The first-order chi connectivity index (χ1) is 11.5. The molecule has 2 aromatic rings. The molecule has 0 saturated heterocycles. The summed E-state index contributed by atoms with van der Waals surface area (Å²) in [7, 11) is 1.64. The molecule has 0 bridgehead atoms. The molecule has 3 atom stereocenters. The number of rotatable bonds is 5. The van der Waals surface area contributed by atoms with Crippen molar-refractivity contribution in [1.82, 2.24) is 0 Å². The van der Waals surface area contributed by atoms with E-state index in [0.29, 0.717) is 6.42 Å². The first-order valence-corrected chi connectivity index (χ1v) is 8.25. The molecule has 3 heteroatoms. The predicted molar refractivity (Wildman–Crippen MR) is 93.5 cm³/mol. The van der Waals surface area contributed by atoms with Gasteiger partial charge in [-0.3, -0.25) is 4.79 Å². The Bertz CT molecular complexity index is 761. The first kappa shape index (κ1) is 16.4. The van der Waals surface area contributed by atoms with E-state index in [0.717, 1.165) is 22.4 Å². The highest BCUT2D eigenvalue weighted by Gasteiger charge is 2.43. The van der Waals surface area contributed by atoms with E-state index in [1.54, 1.807) is 21.0 Å². The lowest BCUT2D eigenvalue weighted by atomic mass is 9.78. The second-order valence-electron chi connectivity index (χ2n) is 6.53. The summed E-state index contributed by atoms with van der Waals surface area (Å²) in [5, 5.41) is 0. The molecule has 0 radical (unpaired) electrons. The summed E-state index contributed by atoms with van der Waals surface area (Å²) in [5.74, 6) is 0.816. The molecule has 0 fully saturated rings. The number of hydrogen-bond acceptors (Lipinski definition) is 3. The summed E-state index contributed by atoms with van der Waals surface area (Å²) in [5.41, 5.74) is 3.39. The Balaban J connectivity index is 2.11. The zero-order valence-electron chi connectivity index (χ0n) is 14.3. The number of ketones is 2. The number of benzene rings is 2. The number of fused-ring (bicyclic) bond motifs is 1. The number of carbonyl (C=O) groups is 2. The van der Waals surface area contributed by atoms with Gasteiger partial charge in [-0.15, -0.1) is 0 Å². The van der Waals surface area contributed by atoms with Crippen molar-refractivity contribution in [1.29, 1.82) is 0 Å². The van der Waals surface area contributed by atoms with E-state index < -0.39 is 0 Å². The minimum absolute atomic E-state index is 0.00560. The van der Waals surface area contributed by atoms with E-state index in [4.69, 9.17) is 4.74 Å². The Hall–Kier alpha value is -2.42. The molecule has 0 N–H and O–H groups in total. The highest BCUT2D eigenvalue weighted by atomic mass is 16.5. The Morgan fingerprint density at radius 3 is 2.12 bits per heavy atom. The van der Waals surface area contributed by atoms with Gasteiger partial charge in [-0.2, -0.15) is 0 Å². The van der Waals surface area contributed by atoms with Crippen LogP contribution in [0, 0.1) is 5.92 Å². The van der Waals surface area contributed by atoms with Crippen LogP contribution in [0.25, 0.3) is 0 Å². The summed E-state index contributed by atoms with van der Waals surface area (Å²) in [6.45, 7) is 3.24. The highest BCUT2D eigenvalue weighted by Crippen LogP contribution is 2.51. The molecule has 1 aliphatic carbocycles. The van der Waals surface area contributed by atoms with Crippen molar-refractivity contribution in [2.75, 3.05) is 7.11 Å². The quantitative estimate of drug-likeness (QED) is 0.832. The molecule has 0 aromatic heterocycles. The van der Waals surface area contributed by atoms with Crippen LogP contribution in [0.4, 0.5) is 0 Å². The number of Topliss-reactive ketones (excluding diaryl/α,β-unsaturated/α-hetero) is 2. The Kier molecular flexibility index (Phi) is 4.52. The Labute approximate surface area is 142 Å². The molecular formula is C21H22O3. The van der Waals surface area contributed by atoms with Crippen LogP contribution in [0.15, 0.2) is 48.5 Å². The molecule has 24 heavy (non-hydrogen) atoms. The molecule has 124 valence electrons. The summed E-state index contributed by atoms with van der Waals surface area (Å²) in [4.78, 5) is 24.3. The van der Waals surface area contributed by atoms with Gasteiger partial charge in [0, 0.05) is 24.2 Å². The molecule has 0 saturated carbocycles. The zero-order valence-corrected chi connectivity index (χ0v) is 14.3. The van der Waals surface area contributed by atoms with Crippen molar-refractivity contribution in [3.8, 4) is 5.75 Å². The lowest BCUT2D eigenvalue weighted by Crippen LogP contribution is -2.22. The van der Waals surface area contributed by atoms with Crippen LogP contribution in [-0.2, 0) is 9.59 Å². The average molecular weight is 322 g/mol. The number of hydrogen-bond donors (Lipinski definition) is 0. The third-order valence-electron chi connectivity index (χ3n) is 4.97. The van der Waals surface area contributed by atoms with Gasteiger partial charge in [-0.1, -0.05) is 36.4 Å². The summed E-state index contributed by atoms with van der Waals surface area (Å²) in [6.07, 6.45) is 0.411. The topological polar surface area (TPSA) is 43.4 Å². The third-order valence-corrected chi connectivity index (χ3v) is 4.97. The van der Waals surface area contributed by atoms with Gasteiger partial charge in [-0.05, 0) is 42.7 Å². The molecule has 0 heterocycles. The SMILES string of the molecule is COc1ccc([C@H]2c3ccccc3[C@@H](CC(C)=O)[C@@H]2C(C)=O)cc1. The van der Waals surface area contributed by atoms with E-state index in [9.17, 15) is 9.59 Å². The summed E-state index contributed by atoms with van der Waals surface area (Å²) in [6, 6.07) is 16.0. The van der Waals surface area contributed by atoms with Crippen LogP contribution in [-0.4, -0.2) is 18.7 Å². The van der Waals surface area contributed by atoms with Crippen LogP contribution < -0.4 is 4.74 Å². The lowest BCUT2D eigenvalue weighted by Gasteiger charge is -2.23. The van der Waals surface area contributed by atoms with Crippen molar-refractivity contribution in [3.05, 3.63) is 65.2 Å². The molecule has 1 aliphatic rings. The second-order valence-corrected chi connectivity index (χ2v) is 6.53. The van der Waals surface area contributed by atoms with Crippen molar-refractivity contribution >= 4 is 11.6 Å². The molecule has 3 rings (SSSR count). The molecular weight excluding hydrogens is 300 g/mol. The summed E-state index contributed by atoms with van der Waals surface area (Å²) >= 11 is 0. The fourth-order valence-electron chi connectivity index (χ4n) is 4.01. The van der Waals surface area contributed by atoms with E-state index in [1.807, 2.05) is 36.4 Å². The number of methoxy groups -OCH3 is 1. The first-order valence-electron chi connectivity index (χ1n) is 8.25. The van der Waals surface area contributed by atoms with E-state index in [-0.39, 0.29) is 29.3 Å². The molecule has 0 aliphatic heterocycles. The standard InChI is InChI=1S/C21H22O3/c1-13(22)12-19-17-6-4-5-7-18(17)21(20(19)14(2)23)15-8-10-16(24-3)11-9-15/h4-11,19-21H,12H2,1-3H3/t19-,20+,21+/m1/s1. The molecule has 0 amide bonds. The molecule has 0 spiro atoms. The molecule has 3 nitrogen and oxygen atoms in total. The molecule has 0 unspecified atom stereocenters. The molecule has 2 aromatic carbocycles. The van der Waals surface area contributed by atoms with Crippen LogP contribution >= 0.6 is 0 Å². The van der Waals surface area contributed by atoms with Crippen LogP contribution in [0.5, 0.6) is 5.75 Å². The minimum atomic E-state index is -0.195. The number of carbonyl (C=O) groups excluding carboxylic acids is 2. The van der Waals surface area contributed by atoms with Crippen molar-refractivity contribution in [2.45, 2.75) is 32.1 Å². The Morgan fingerprint density at radius 1 is 0.958 bits per heavy atom.